The molecule has 0 bridgehead atoms. The van der Waals surface area contributed by atoms with E-state index in [0.717, 1.165) is 18.1 Å². The molecule has 1 unspecified atom stereocenters. The Kier molecular flexibility index (Phi) is 8.78. The summed E-state index contributed by atoms with van der Waals surface area (Å²) in [5, 5.41) is 3.10. The predicted molar refractivity (Wildman–Crippen MR) is 61.6 cm³/mol. The quantitative estimate of drug-likeness (QED) is 0.379. The molecule has 3 nitrogen and oxygen atoms in total. The maximum absolute atomic E-state index is 11.2. The van der Waals surface area contributed by atoms with Crippen molar-refractivity contribution in [3.63, 3.8) is 0 Å². The van der Waals surface area contributed by atoms with Crippen molar-refractivity contribution in [2.45, 2.75) is 19.9 Å². The third-order valence-electron chi connectivity index (χ3n) is 1.57. The van der Waals surface area contributed by atoms with Crippen LogP contribution in [-0.2, 0) is 9.53 Å². The van der Waals surface area contributed by atoms with Crippen LogP contribution in [0.5, 0.6) is 0 Å². The molecular formula is C10H19NO2S. The van der Waals surface area contributed by atoms with E-state index < -0.39 is 0 Å². The van der Waals surface area contributed by atoms with E-state index in [2.05, 4.69) is 11.9 Å². The second kappa shape index (κ2) is 9.09. The fourth-order valence-electron chi connectivity index (χ4n) is 0.865. The van der Waals surface area contributed by atoms with Crippen LogP contribution < -0.4 is 5.32 Å². The van der Waals surface area contributed by atoms with Gasteiger partial charge in [-0.05, 0) is 13.8 Å². The van der Waals surface area contributed by atoms with Crippen LogP contribution in [0.15, 0.2) is 12.7 Å². The zero-order chi connectivity index (χ0) is 10.8. The lowest BCUT2D eigenvalue weighted by molar-refractivity contribution is -0.145. The number of hydrogen-bond acceptors (Lipinski definition) is 4. The molecule has 0 heterocycles. The Bertz CT molecular complexity index is 174. The number of esters is 1. The van der Waals surface area contributed by atoms with Gasteiger partial charge in [-0.25, -0.2) is 0 Å². The van der Waals surface area contributed by atoms with E-state index in [4.69, 9.17) is 4.74 Å². The summed E-state index contributed by atoms with van der Waals surface area (Å²) in [6.07, 6.45) is 1.87. The highest BCUT2D eigenvalue weighted by atomic mass is 32.2. The van der Waals surface area contributed by atoms with Crippen molar-refractivity contribution < 1.29 is 9.53 Å². The van der Waals surface area contributed by atoms with E-state index in [1.54, 1.807) is 11.8 Å². The first-order chi connectivity index (χ1) is 6.72. The number of thioether (sulfide) groups is 1. The van der Waals surface area contributed by atoms with Crippen LogP contribution in [-0.4, -0.2) is 36.7 Å². The summed E-state index contributed by atoms with van der Waals surface area (Å²) < 4.78 is 4.86. The fourth-order valence-corrected chi connectivity index (χ4v) is 1.46. The van der Waals surface area contributed by atoms with E-state index in [0.29, 0.717) is 6.61 Å². The molecule has 82 valence electrons. The zero-order valence-corrected chi connectivity index (χ0v) is 9.73. The van der Waals surface area contributed by atoms with Crippen molar-refractivity contribution in [3.05, 3.63) is 12.7 Å². The Morgan fingerprint density at radius 3 is 3.00 bits per heavy atom. The fraction of sp³-hybridized carbons (Fsp3) is 0.700. The first kappa shape index (κ1) is 13.5. The van der Waals surface area contributed by atoms with Crippen LogP contribution in [0.25, 0.3) is 0 Å². The Balaban J connectivity index is 3.38. The van der Waals surface area contributed by atoms with Crippen LogP contribution in [0.3, 0.4) is 0 Å². The third-order valence-corrected chi connectivity index (χ3v) is 2.54. The lowest BCUT2D eigenvalue weighted by Crippen LogP contribution is -2.36. The highest BCUT2D eigenvalue weighted by Gasteiger charge is 2.11. The third kappa shape index (κ3) is 6.97. The van der Waals surface area contributed by atoms with Gasteiger partial charge >= 0.3 is 5.97 Å². The number of carbonyl (C=O) groups excluding carboxylic acids is 1. The van der Waals surface area contributed by atoms with Gasteiger partial charge in [0.25, 0.3) is 0 Å². The van der Waals surface area contributed by atoms with Gasteiger partial charge < -0.3 is 10.1 Å². The minimum atomic E-state index is -0.209. The largest absolute Gasteiger partial charge is 0.465 e. The molecule has 0 aromatic carbocycles. The summed E-state index contributed by atoms with van der Waals surface area (Å²) >= 11 is 1.79. The molecule has 0 aliphatic carbocycles. The van der Waals surface area contributed by atoms with Gasteiger partial charge in [0.15, 0.2) is 0 Å². The molecule has 0 radical (unpaired) electrons. The number of hydrogen-bond donors (Lipinski definition) is 1. The molecule has 1 N–H and O–H groups in total. The molecule has 0 aromatic rings. The summed E-state index contributed by atoms with van der Waals surface area (Å²) in [4.78, 5) is 11.2. The lowest BCUT2D eigenvalue weighted by Gasteiger charge is -2.11. The molecule has 1 atom stereocenters. The lowest BCUT2D eigenvalue weighted by atomic mass is 10.3. The molecule has 0 aliphatic rings. The van der Waals surface area contributed by atoms with Crippen LogP contribution in [0, 0.1) is 0 Å². The van der Waals surface area contributed by atoms with Crippen molar-refractivity contribution in [2.75, 3.05) is 24.7 Å². The number of carbonyl (C=O) groups is 1. The number of nitrogens with one attached hydrogen (secondary N) is 1. The summed E-state index contributed by atoms with van der Waals surface area (Å²) in [7, 11) is 0. The number of rotatable bonds is 8. The normalized spacial score (nSPS) is 12.1. The van der Waals surface area contributed by atoms with Crippen molar-refractivity contribution in [2.24, 2.45) is 0 Å². The maximum atomic E-state index is 11.2. The minimum Gasteiger partial charge on any atom is -0.465 e. The second-order valence-corrected chi connectivity index (χ2v) is 3.94. The van der Waals surface area contributed by atoms with Crippen molar-refractivity contribution >= 4 is 17.7 Å². The van der Waals surface area contributed by atoms with Gasteiger partial charge in [0.2, 0.25) is 0 Å². The highest BCUT2D eigenvalue weighted by molar-refractivity contribution is 7.99. The predicted octanol–water partition coefficient (Wildman–Crippen LogP) is 1.45. The van der Waals surface area contributed by atoms with Crippen molar-refractivity contribution in [1.82, 2.24) is 5.32 Å². The van der Waals surface area contributed by atoms with Gasteiger partial charge in [-0.2, -0.15) is 11.8 Å². The van der Waals surface area contributed by atoms with Crippen LogP contribution in [0.4, 0.5) is 0 Å². The number of ether oxygens (including phenoxy) is 1. The van der Waals surface area contributed by atoms with Gasteiger partial charge in [-0.1, -0.05) is 6.08 Å². The first-order valence-corrected chi connectivity index (χ1v) is 5.96. The minimum absolute atomic E-state index is 0.179. The molecule has 0 saturated carbocycles. The van der Waals surface area contributed by atoms with E-state index in [1.807, 2.05) is 19.9 Å². The molecule has 0 spiro atoms. The molecule has 0 fully saturated rings. The summed E-state index contributed by atoms with van der Waals surface area (Å²) in [6.45, 7) is 8.51. The van der Waals surface area contributed by atoms with Gasteiger partial charge in [-0.3, -0.25) is 4.79 Å². The Hall–Kier alpha value is -0.480. The molecule has 0 saturated heterocycles. The van der Waals surface area contributed by atoms with Gasteiger partial charge in [0, 0.05) is 18.1 Å². The van der Waals surface area contributed by atoms with Crippen molar-refractivity contribution in [1.29, 1.82) is 0 Å². The summed E-state index contributed by atoms with van der Waals surface area (Å²) in [6, 6.07) is -0.209. The first-order valence-electron chi connectivity index (χ1n) is 4.81. The SMILES string of the molecule is C=CCSCCNC(C)C(=O)OCC. The molecule has 14 heavy (non-hydrogen) atoms. The average molecular weight is 217 g/mol. The van der Waals surface area contributed by atoms with Crippen LogP contribution >= 0.6 is 11.8 Å². The Morgan fingerprint density at radius 2 is 2.43 bits per heavy atom. The zero-order valence-electron chi connectivity index (χ0n) is 8.91. The highest BCUT2D eigenvalue weighted by Crippen LogP contribution is 1.97. The van der Waals surface area contributed by atoms with Gasteiger partial charge in [-0.15, -0.1) is 6.58 Å². The molecule has 0 amide bonds. The van der Waals surface area contributed by atoms with E-state index in [-0.39, 0.29) is 12.0 Å². The summed E-state index contributed by atoms with van der Waals surface area (Å²) in [5.74, 6) is 1.76. The van der Waals surface area contributed by atoms with Gasteiger partial charge in [0.1, 0.15) is 6.04 Å². The summed E-state index contributed by atoms with van der Waals surface area (Å²) in [5.41, 5.74) is 0. The second-order valence-electron chi connectivity index (χ2n) is 2.79. The van der Waals surface area contributed by atoms with Crippen LogP contribution in [0.1, 0.15) is 13.8 Å². The molecule has 4 heteroatoms. The molecule has 0 aliphatic heterocycles. The molecule has 0 rings (SSSR count). The van der Waals surface area contributed by atoms with Crippen molar-refractivity contribution in [3.8, 4) is 0 Å². The van der Waals surface area contributed by atoms with Crippen LogP contribution in [0.2, 0.25) is 0 Å². The van der Waals surface area contributed by atoms with Gasteiger partial charge in [0.05, 0.1) is 6.61 Å². The average Bonchev–Trinajstić information content (AvgIpc) is 2.17. The van der Waals surface area contributed by atoms with E-state index in [9.17, 15) is 4.79 Å². The molecule has 0 aromatic heterocycles. The Labute approximate surface area is 90.3 Å². The van der Waals surface area contributed by atoms with E-state index in [1.165, 1.54) is 0 Å². The topological polar surface area (TPSA) is 38.3 Å². The monoisotopic (exact) mass is 217 g/mol. The Morgan fingerprint density at radius 1 is 1.71 bits per heavy atom. The standard InChI is InChI=1S/C10H19NO2S/c1-4-7-14-8-6-11-9(3)10(12)13-5-2/h4,9,11H,1,5-8H2,2-3H3. The van der Waals surface area contributed by atoms with E-state index >= 15 is 0 Å². The molecular weight excluding hydrogens is 198 g/mol. The maximum Gasteiger partial charge on any atom is 0.322 e. The smallest absolute Gasteiger partial charge is 0.322 e.